The largest absolute Gasteiger partial charge is 0.465 e. The van der Waals surface area contributed by atoms with Crippen molar-refractivity contribution in [2.45, 2.75) is 26.2 Å². The van der Waals surface area contributed by atoms with Crippen molar-refractivity contribution in [3.63, 3.8) is 0 Å². The van der Waals surface area contributed by atoms with Gasteiger partial charge in [0.15, 0.2) is 5.78 Å². The molecule has 2 aliphatic rings. The van der Waals surface area contributed by atoms with Crippen LogP contribution in [-0.4, -0.2) is 32.0 Å². The van der Waals surface area contributed by atoms with Crippen molar-refractivity contribution in [2.75, 3.05) is 30.8 Å². The average Bonchev–Trinajstić information content (AvgIpc) is 3.15. The van der Waals surface area contributed by atoms with E-state index in [1.165, 1.54) is 18.4 Å². The van der Waals surface area contributed by atoms with Gasteiger partial charge in [-0.2, -0.15) is 0 Å². The summed E-state index contributed by atoms with van der Waals surface area (Å²) in [5.41, 5.74) is 6.79. The van der Waals surface area contributed by atoms with Crippen LogP contribution in [0.5, 0.6) is 0 Å². The van der Waals surface area contributed by atoms with Crippen LogP contribution in [0.25, 0.3) is 0 Å². The number of rotatable bonds is 4. The van der Waals surface area contributed by atoms with Crippen molar-refractivity contribution in [2.24, 2.45) is 11.8 Å². The summed E-state index contributed by atoms with van der Waals surface area (Å²) >= 11 is 1.36. The van der Waals surface area contributed by atoms with Crippen LogP contribution >= 0.6 is 11.3 Å². The summed E-state index contributed by atoms with van der Waals surface area (Å²) < 4.78 is 4.86. The number of carbonyl (C=O) groups is 2. The maximum absolute atomic E-state index is 12.3. The monoisotopic (exact) mass is 308 g/mol. The van der Waals surface area contributed by atoms with Crippen LogP contribution in [0.2, 0.25) is 0 Å². The number of nitrogens with two attached hydrogens (primary N) is 1. The summed E-state index contributed by atoms with van der Waals surface area (Å²) in [6, 6.07) is 0. The molecule has 0 bridgehead atoms. The van der Waals surface area contributed by atoms with Gasteiger partial charge in [0.25, 0.3) is 0 Å². The number of nitrogens with zero attached hydrogens (tertiary/aromatic N) is 1. The molecule has 1 unspecified atom stereocenters. The van der Waals surface area contributed by atoms with Gasteiger partial charge in [-0.3, -0.25) is 4.79 Å². The first kappa shape index (κ1) is 14.4. The van der Waals surface area contributed by atoms with Crippen molar-refractivity contribution in [3.05, 3.63) is 10.4 Å². The van der Waals surface area contributed by atoms with E-state index in [1.807, 2.05) is 0 Å². The van der Waals surface area contributed by atoms with Crippen LogP contribution in [-0.2, 0) is 4.74 Å². The number of ketones is 1. The molecule has 0 radical (unpaired) electrons. The fourth-order valence-electron chi connectivity index (χ4n) is 2.79. The molecule has 6 heteroatoms. The first-order valence-electron chi connectivity index (χ1n) is 7.32. The lowest BCUT2D eigenvalue weighted by Gasteiger charge is -2.17. The van der Waals surface area contributed by atoms with Gasteiger partial charge in [-0.1, -0.05) is 6.92 Å². The molecular formula is C15H20N2O3S. The molecule has 2 N–H and O–H groups in total. The van der Waals surface area contributed by atoms with E-state index in [0.29, 0.717) is 22.0 Å². The number of hydrogen-bond acceptors (Lipinski definition) is 6. The number of ether oxygens (including phenoxy) is 1. The number of Topliss-reactive ketones (excluding diaryl/α,β-unsaturated/α-hetero) is 1. The van der Waals surface area contributed by atoms with Crippen molar-refractivity contribution < 1.29 is 14.3 Å². The summed E-state index contributed by atoms with van der Waals surface area (Å²) in [4.78, 5) is 27.1. The number of methoxy groups -OCH3 is 1. The normalized spacial score (nSPS) is 21.6. The summed E-state index contributed by atoms with van der Waals surface area (Å²) in [5, 5.41) is 0.799. The fraction of sp³-hybridized carbons (Fsp3) is 0.600. The topological polar surface area (TPSA) is 72.6 Å². The highest BCUT2D eigenvalue weighted by Gasteiger charge is 2.37. The van der Waals surface area contributed by atoms with Gasteiger partial charge in [0.1, 0.15) is 10.6 Å². The van der Waals surface area contributed by atoms with Gasteiger partial charge in [-0.25, -0.2) is 4.79 Å². The van der Waals surface area contributed by atoms with Crippen LogP contribution < -0.4 is 10.6 Å². The maximum atomic E-state index is 12.3. The van der Waals surface area contributed by atoms with E-state index in [2.05, 4.69) is 11.8 Å². The van der Waals surface area contributed by atoms with E-state index in [4.69, 9.17) is 10.5 Å². The average molecular weight is 308 g/mol. The second kappa shape index (κ2) is 5.33. The third-order valence-electron chi connectivity index (χ3n) is 4.20. The zero-order valence-corrected chi connectivity index (χ0v) is 13.2. The predicted octanol–water partition coefficient (Wildman–Crippen LogP) is 2.56. The van der Waals surface area contributed by atoms with E-state index < -0.39 is 5.97 Å². The molecule has 21 heavy (non-hydrogen) atoms. The molecule has 0 spiro atoms. The van der Waals surface area contributed by atoms with Crippen molar-refractivity contribution in [3.8, 4) is 0 Å². The number of anilines is 2. The zero-order chi connectivity index (χ0) is 15.1. The maximum Gasteiger partial charge on any atom is 0.343 e. The van der Waals surface area contributed by atoms with Gasteiger partial charge in [-0.05, 0) is 25.2 Å². The minimum Gasteiger partial charge on any atom is -0.465 e. The molecule has 0 amide bonds. The lowest BCUT2D eigenvalue weighted by molar-refractivity contribution is 0.0603. The first-order chi connectivity index (χ1) is 10.0. The molecule has 2 fully saturated rings. The highest BCUT2D eigenvalue weighted by Crippen LogP contribution is 2.44. The van der Waals surface area contributed by atoms with Gasteiger partial charge in [0.2, 0.25) is 0 Å². The third-order valence-corrected chi connectivity index (χ3v) is 5.48. The van der Waals surface area contributed by atoms with Gasteiger partial charge < -0.3 is 15.4 Å². The Kier molecular flexibility index (Phi) is 3.65. The second-order valence-electron chi connectivity index (χ2n) is 5.99. The summed E-state index contributed by atoms with van der Waals surface area (Å²) in [6.45, 7) is 3.97. The molecule has 1 saturated carbocycles. The molecule has 1 aliphatic carbocycles. The smallest absolute Gasteiger partial charge is 0.343 e. The molecule has 114 valence electrons. The number of esters is 1. The number of carbonyl (C=O) groups excluding carboxylic acids is 2. The Morgan fingerprint density at radius 3 is 2.57 bits per heavy atom. The van der Waals surface area contributed by atoms with Gasteiger partial charge in [0, 0.05) is 19.0 Å². The third kappa shape index (κ3) is 2.52. The molecule has 1 atom stereocenters. The number of nitrogen functional groups attached to an aromatic ring is 1. The van der Waals surface area contributed by atoms with Crippen molar-refractivity contribution in [1.29, 1.82) is 0 Å². The molecule has 1 aromatic rings. The SMILES string of the molecule is COC(=O)c1c(N2CCC(C)C2)sc(C(=O)C2CC2)c1N. The van der Waals surface area contributed by atoms with E-state index in [0.717, 1.165) is 37.4 Å². The first-order valence-corrected chi connectivity index (χ1v) is 8.14. The van der Waals surface area contributed by atoms with Crippen LogP contribution in [0.4, 0.5) is 10.7 Å². The van der Waals surface area contributed by atoms with Gasteiger partial charge in [-0.15, -0.1) is 11.3 Å². The van der Waals surface area contributed by atoms with E-state index >= 15 is 0 Å². The van der Waals surface area contributed by atoms with E-state index in [9.17, 15) is 9.59 Å². The van der Waals surface area contributed by atoms with Crippen LogP contribution in [0.15, 0.2) is 0 Å². The molecule has 5 nitrogen and oxygen atoms in total. The molecular weight excluding hydrogens is 288 g/mol. The molecule has 2 heterocycles. The van der Waals surface area contributed by atoms with Crippen molar-refractivity contribution >= 4 is 33.8 Å². The fourth-order valence-corrected chi connectivity index (χ4v) is 4.05. The zero-order valence-electron chi connectivity index (χ0n) is 12.3. The summed E-state index contributed by atoms with van der Waals surface area (Å²) in [5.74, 6) is 0.317. The Hall–Kier alpha value is -1.56. The molecule has 3 rings (SSSR count). The standard InChI is InChI=1S/C15H20N2O3S/c1-8-5-6-17(7-8)14-10(15(19)20-2)11(16)13(21-14)12(18)9-3-4-9/h8-9H,3-7,16H2,1-2H3. The number of hydrogen-bond donors (Lipinski definition) is 1. The highest BCUT2D eigenvalue weighted by atomic mass is 32.1. The molecule has 1 aliphatic heterocycles. The second-order valence-corrected chi connectivity index (χ2v) is 6.99. The predicted molar refractivity (Wildman–Crippen MR) is 83.1 cm³/mol. The van der Waals surface area contributed by atoms with E-state index in [-0.39, 0.29) is 11.7 Å². The Bertz CT molecular complexity index is 592. The highest BCUT2D eigenvalue weighted by molar-refractivity contribution is 7.19. The van der Waals surface area contributed by atoms with Gasteiger partial charge in [0.05, 0.1) is 17.7 Å². The molecule has 1 saturated heterocycles. The van der Waals surface area contributed by atoms with Crippen LogP contribution in [0, 0.1) is 11.8 Å². The molecule has 1 aromatic heterocycles. The van der Waals surface area contributed by atoms with Gasteiger partial charge >= 0.3 is 5.97 Å². The Morgan fingerprint density at radius 2 is 2.05 bits per heavy atom. The number of thiophene rings is 1. The minimum atomic E-state index is -0.451. The van der Waals surface area contributed by atoms with Crippen LogP contribution in [0.3, 0.4) is 0 Å². The lowest BCUT2D eigenvalue weighted by Crippen LogP contribution is -2.20. The minimum absolute atomic E-state index is 0.0844. The Balaban J connectivity index is 2.02. The Morgan fingerprint density at radius 1 is 1.33 bits per heavy atom. The van der Waals surface area contributed by atoms with Crippen molar-refractivity contribution in [1.82, 2.24) is 0 Å². The lowest BCUT2D eigenvalue weighted by atomic mass is 10.1. The molecule has 0 aromatic carbocycles. The van der Waals surface area contributed by atoms with Crippen LogP contribution in [0.1, 0.15) is 46.2 Å². The quantitative estimate of drug-likeness (QED) is 0.683. The summed E-state index contributed by atoms with van der Waals surface area (Å²) in [6.07, 6.45) is 2.95. The summed E-state index contributed by atoms with van der Waals surface area (Å²) in [7, 11) is 1.35. The van der Waals surface area contributed by atoms with E-state index in [1.54, 1.807) is 0 Å². The Labute approximate surface area is 128 Å².